The second-order valence-corrected chi connectivity index (χ2v) is 6.91. The van der Waals surface area contributed by atoms with Crippen molar-refractivity contribution in [3.63, 3.8) is 0 Å². The van der Waals surface area contributed by atoms with E-state index in [0.29, 0.717) is 30.4 Å². The van der Waals surface area contributed by atoms with Crippen molar-refractivity contribution >= 4 is 11.6 Å². The van der Waals surface area contributed by atoms with Crippen LogP contribution in [0.1, 0.15) is 11.1 Å². The van der Waals surface area contributed by atoms with E-state index >= 15 is 0 Å². The minimum Gasteiger partial charge on any atom is -0.508 e. The average Bonchev–Trinajstić information content (AvgIpc) is 3.65. The van der Waals surface area contributed by atoms with Crippen LogP contribution in [0.2, 0.25) is 0 Å². The smallest absolute Gasteiger partial charge is 0.122 e. The van der Waals surface area contributed by atoms with Crippen molar-refractivity contribution in [1.29, 1.82) is 0 Å². The largest absolute Gasteiger partial charge is 0.508 e. The number of ether oxygens (including phenoxy) is 3. The zero-order valence-corrected chi connectivity index (χ0v) is 17.4. The molecule has 4 nitrogen and oxygen atoms in total. The Labute approximate surface area is 178 Å². The molecule has 1 N–H and O–H groups in total. The predicted octanol–water partition coefficient (Wildman–Crippen LogP) is 4.94. The van der Waals surface area contributed by atoms with Crippen molar-refractivity contribution < 1.29 is 19.3 Å². The number of phenols is 1. The third-order valence-electron chi connectivity index (χ3n) is 4.09. The molecule has 2 saturated heterocycles. The van der Waals surface area contributed by atoms with E-state index in [9.17, 15) is 5.11 Å². The zero-order valence-electron chi connectivity index (χ0n) is 16.6. The molecule has 0 aliphatic carbocycles. The van der Waals surface area contributed by atoms with E-state index in [1.54, 1.807) is 12.1 Å². The molecule has 2 fully saturated rings. The fourth-order valence-electron chi connectivity index (χ4n) is 2.31. The van der Waals surface area contributed by atoms with E-state index in [4.69, 9.17) is 25.8 Å². The van der Waals surface area contributed by atoms with Crippen LogP contribution in [0.5, 0.6) is 11.5 Å². The fraction of sp³-hybridized carbons (Fsp3) is 0.333. The number of hydrogen-bond acceptors (Lipinski definition) is 4. The Hall–Kier alpha value is -2.27. The van der Waals surface area contributed by atoms with E-state index < -0.39 is 0 Å². The van der Waals surface area contributed by atoms with E-state index in [1.807, 2.05) is 42.5 Å². The summed E-state index contributed by atoms with van der Waals surface area (Å²) in [6.07, 6.45) is 5.95. The third kappa shape index (κ3) is 9.66. The highest BCUT2D eigenvalue weighted by Crippen LogP contribution is 2.20. The lowest BCUT2D eigenvalue weighted by molar-refractivity contribution is 0.261. The summed E-state index contributed by atoms with van der Waals surface area (Å²) < 4.78 is 15.5. The molecule has 0 radical (unpaired) electrons. The van der Waals surface area contributed by atoms with Crippen LogP contribution in [0, 0.1) is 0 Å². The number of halogens is 1. The van der Waals surface area contributed by atoms with Crippen LogP contribution in [-0.2, 0) is 22.3 Å². The minimum atomic E-state index is 0.312. The van der Waals surface area contributed by atoms with E-state index in [-0.39, 0.29) is 0 Å². The molecule has 0 aromatic heterocycles. The highest BCUT2D eigenvalue weighted by atomic mass is 35.5. The van der Waals surface area contributed by atoms with Crippen LogP contribution in [-0.4, -0.2) is 43.0 Å². The Bertz CT molecular complexity index is 754. The second kappa shape index (κ2) is 13.0. The maximum atomic E-state index is 9.19. The molecule has 156 valence electrons. The summed E-state index contributed by atoms with van der Waals surface area (Å²) in [4.78, 5) is 0. The normalized spacial score (nSPS) is 18.2. The quantitative estimate of drug-likeness (QED) is 0.376. The fourth-order valence-corrected chi connectivity index (χ4v) is 2.49. The molecule has 2 atom stereocenters. The van der Waals surface area contributed by atoms with E-state index in [0.717, 1.165) is 37.4 Å². The molecular formula is C24H29ClO4. The van der Waals surface area contributed by atoms with Gasteiger partial charge in [-0.1, -0.05) is 48.6 Å². The lowest BCUT2D eigenvalue weighted by Crippen LogP contribution is -2.05. The molecule has 4 rings (SSSR count). The molecule has 2 aliphatic heterocycles. The molecule has 0 saturated carbocycles. The number of rotatable bonds is 8. The van der Waals surface area contributed by atoms with Gasteiger partial charge >= 0.3 is 0 Å². The molecule has 2 aromatic rings. The topological polar surface area (TPSA) is 54.5 Å². The van der Waals surface area contributed by atoms with Gasteiger partial charge in [0.25, 0.3) is 0 Å². The van der Waals surface area contributed by atoms with Crippen molar-refractivity contribution in [2.45, 2.75) is 25.0 Å². The number of aromatic hydroxyl groups is 1. The second-order valence-electron chi connectivity index (χ2n) is 6.60. The van der Waals surface area contributed by atoms with Crippen molar-refractivity contribution in [2.75, 3.05) is 25.7 Å². The molecule has 0 spiro atoms. The highest BCUT2D eigenvalue weighted by Gasteiger charge is 2.23. The summed E-state index contributed by atoms with van der Waals surface area (Å²) in [5, 5.41) is 9.19. The van der Waals surface area contributed by atoms with Crippen LogP contribution >= 0.6 is 11.6 Å². The Kier molecular flexibility index (Phi) is 10.4. The first-order chi connectivity index (χ1) is 14.2. The van der Waals surface area contributed by atoms with Gasteiger partial charge < -0.3 is 19.3 Å². The average molecular weight is 417 g/mol. The Morgan fingerprint density at radius 1 is 0.931 bits per heavy atom. The number of phenolic OH excluding ortho intramolecular Hbond substituents is 1. The molecule has 2 aromatic carbocycles. The first-order valence-electron chi connectivity index (χ1n) is 9.66. The van der Waals surface area contributed by atoms with Gasteiger partial charge in [0, 0.05) is 0 Å². The monoisotopic (exact) mass is 416 g/mol. The summed E-state index contributed by atoms with van der Waals surface area (Å²) in [5.41, 5.74) is 2.11. The Morgan fingerprint density at radius 3 is 2.00 bits per heavy atom. The predicted molar refractivity (Wildman–Crippen MR) is 118 cm³/mol. The van der Waals surface area contributed by atoms with Gasteiger partial charge in [0.2, 0.25) is 0 Å². The maximum Gasteiger partial charge on any atom is 0.122 e. The van der Waals surface area contributed by atoms with Gasteiger partial charge in [-0.05, 0) is 36.1 Å². The Balaban J connectivity index is 0.000000173. The number of allylic oxidation sites excluding steroid dienone is 2. The van der Waals surface area contributed by atoms with Gasteiger partial charge in [-0.2, -0.15) is 0 Å². The zero-order chi connectivity index (χ0) is 20.9. The van der Waals surface area contributed by atoms with Gasteiger partial charge in [0.15, 0.2) is 0 Å². The van der Waals surface area contributed by atoms with Gasteiger partial charge in [-0.25, -0.2) is 0 Å². The number of hydrogen-bond donors (Lipinski definition) is 1. The first-order valence-corrected chi connectivity index (χ1v) is 10.2. The third-order valence-corrected chi connectivity index (χ3v) is 4.44. The van der Waals surface area contributed by atoms with Gasteiger partial charge in [0.05, 0.1) is 25.2 Å². The van der Waals surface area contributed by atoms with E-state index in [2.05, 4.69) is 19.2 Å². The first kappa shape index (κ1) is 23.0. The van der Waals surface area contributed by atoms with E-state index in [1.165, 1.54) is 5.56 Å². The van der Waals surface area contributed by atoms with Crippen molar-refractivity contribution in [3.8, 4) is 11.5 Å². The summed E-state index contributed by atoms with van der Waals surface area (Å²) >= 11 is 5.27. The van der Waals surface area contributed by atoms with Crippen LogP contribution in [0.25, 0.3) is 0 Å². The highest BCUT2D eigenvalue weighted by molar-refractivity contribution is 6.18. The van der Waals surface area contributed by atoms with Gasteiger partial charge in [0.1, 0.15) is 24.2 Å². The number of para-hydroxylation sites is 2. The van der Waals surface area contributed by atoms with Crippen LogP contribution in [0.3, 0.4) is 0 Å². The maximum absolute atomic E-state index is 9.19. The molecule has 0 bridgehead atoms. The van der Waals surface area contributed by atoms with Crippen molar-refractivity contribution in [2.24, 2.45) is 0 Å². The molecule has 2 unspecified atom stereocenters. The van der Waals surface area contributed by atoms with Crippen LogP contribution in [0.15, 0.2) is 73.8 Å². The number of benzene rings is 2. The summed E-state index contributed by atoms with van der Waals surface area (Å²) in [6, 6.07) is 15.3. The molecule has 29 heavy (non-hydrogen) atoms. The lowest BCUT2D eigenvalue weighted by atomic mass is 10.1. The van der Waals surface area contributed by atoms with Crippen LogP contribution in [0.4, 0.5) is 0 Å². The molecular weight excluding hydrogens is 388 g/mol. The van der Waals surface area contributed by atoms with Crippen molar-refractivity contribution in [1.82, 2.24) is 0 Å². The molecule has 2 aliphatic rings. The number of alkyl halides is 1. The molecule has 0 amide bonds. The summed E-state index contributed by atoms with van der Waals surface area (Å²) in [7, 11) is 0. The summed E-state index contributed by atoms with van der Waals surface area (Å²) in [5.74, 6) is 1.96. The Morgan fingerprint density at radius 2 is 1.48 bits per heavy atom. The summed E-state index contributed by atoms with van der Waals surface area (Å²) in [6.45, 7) is 9.69. The van der Waals surface area contributed by atoms with Gasteiger partial charge in [-0.15, -0.1) is 24.8 Å². The van der Waals surface area contributed by atoms with Gasteiger partial charge in [-0.3, -0.25) is 0 Å². The van der Waals surface area contributed by atoms with Crippen LogP contribution < -0.4 is 4.74 Å². The lowest BCUT2D eigenvalue weighted by Gasteiger charge is -2.08. The van der Waals surface area contributed by atoms with Crippen molar-refractivity contribution in [3.05, 3.63) is 85.0 Å². The number of epoxide rings is 2. The molecule has 2 heterocycles. The standard InChI is InChI=1S/C12H14O2.C9H10O.C3H5ClO/c1-2-5-10-6-3-4-7-12(10)14-9-11-8-13-11;1-2-5-8-6-3-4-7-9(8)10;4-1-3-2-5-3/h2-4,6-7,11H,1,5,8-9H2;2-4,6-7,10H,1,5H2;3H,1-2H2. The molecule has 5 heteroatoms. The minimum absolute atomic E-state index is 0.312. The SMILES string of the molecule is C=CCc1ccccc1O.C=CCc1ccccc1OCC1CO1.ClCC1CO1.